The van der Waals surface area contributed by atoms with Crippen molar-refractivity contribution in [2.45, 2.75) is 44.7 Å². The van der Waals surface area contributed by atoms with E-state index in [0.29, 0.717) is 40.7 Å². The summed E-state index contributed by atoms with van der Waals surface area (Å²) in [6.45, 7) is 3.83. The number of thiazole rings is 1. The Bertz CT molecular complexity index is 1370. The number of halogens is 1. The Kier molecular flexibility index (Phi) is 9.30. The summed E-state index contributed by atoms with van der Waals surface area (Å²) in [5.74, 6) is 1.30. The fraction of sp³-hybridized carbons (Fsp3) is 0.379. The molecule has 11 heteroatoms. The zero-order valence-corrected chi connectivity index (χ0v) is 23.7. The quantitative estimate of drug-likeness (QED) is 0.306. The van der Waals surface area contributed by atoms with Gasteiger partial charge in [0.15, 0.2) is 0 Å². The van der Waals surface area contributed by atoms with Crippen LogP contribution in [0.3, 0.4) is 0 Å². The lowest BCUT2D eigenvalue weighted by molar-refractivity contribution is 0.0694. The number of rotatable bonds is 11. The van der Waals surface area contributed by atoms with Gasteiger partial charge in [-0.1, -0.05) is 29.0 Å². The van der Waals surface area contributed by atoms with E-state index in [1.807, 2.05) is 25.1 Å². The van der Waals surface area contributed by atoms with Crippen LogP contribution < -0.4 is 20.1 Å². The van der Waals surface area contributed by atoms with E-state index in [-0.39, 0.29) is 29.6 Å². The Morgan fingerprint density at radius 1 is 1.15 bits per heavy atom. The van der Waals surface area contributed by atoms with Crippen LogP contribution in [0.5, 0.6) is 16.7 Å². The van der Waals surface area contributed by atoms with E-state index >= 15 is 0 Å². The third-order valence-corrected chi connectivity index (χ3v) is 7.64. The summed E-state index contributed by atoms with van der Waals surface area (Å²) in [5, 5.41) is 6.79. The first-order valence-corrected chi connectivity index (χ1v) is 14.5. The highest BCUT2D eigenvalue weighted by Crippen LogP contribution is 2.35. The summed E-state index contributed by atoms with van der Waals surface area (Å²) >= 11 is 7.73. The molecule has 1 saturated carbocycles. The molecule has 0 unspecified atom stereocenters. The molecule has 1 saturated heterocycles. The first-order chi connectivity index (χ1) is 19.4. The molecule has 2 amide bonds. The molecule has 3 aromatic rings. The van der Waals surface area contributed by atoms with Crippen molar-refractivity contribution >= 4 is 40.8 Å². The number of carbonyl (C=O) groups excluding carboxylic acids is 2. The molecule has 1 aliphatic heterocycles. The van der Waals surface area contributed by atoms with Crippen molar-refractivity contribution in [3.63, 3.8) is 0 Å². The zero-order valence-electron chi connectivity index (χ0n) is 22.1. The molecule has 0 radical (unpaired) electrons. The molecule has 3 heterocycles. The fourth-order valence-electron chi connectivity index (χ4n) is 4.02. The second-order valence-electron chi connectivity index (χ2n) is 9.89. The standard InChI is InChI=1S/C29H31ClN4O5S/c1-18(33-27(35)20-8-11-31-25(14-20)28(36)34-21-9-12-37-13-10-21)2-6-23-16-32-29(40-23)39-26-7-5-22(15-24(26)30)38-17-19-3-4-19/h2,5-8,11,14-16,18-19,21H,3-4,9-10,12-13,17H2,1H3,(H,33,35)(H,34,36)/t18-/m0/s1. The largest absolute Gasteiger partial charge is 0.493 e. The molecule has 2 N–H and O–H groups in total. The van der Waals surface area contributed by atoms with Gasteiger partial charge < -0.3 is 24.8 Å². The smallest absolute Gasteiger partial charge is 0.279 e. The normalized spacial score (nSPS) is 16.4. The molecule has 40 heavy (non-hydrogen) atoms. The van der Waals surface area contributed by atoms with Crippen molar-refractivity contribution in [2.24, 2.45) is 5.92 Å². The van der Waals surface area contributed by atoms with Gasteiger partial charge in [-0.3, -0.25) is 14.6 Å². The van der Waals surface area contributed by atoms with Gasteiger partial charge in [0.05, 0.1) is 16.5 Å². The van der Waals surface area contributed by atoms with E-state index in [1.165, 1.54) is 36.4 Å². The van der Waals surface area contributed by atoms with Crippen molar-refractivity contribution in [3.8, 4) is 16.7 Å². The van der Waals surface area contributed by atoms with E-state index in [0.717, 1.165) is 30.1 Å². The molecule has 0 spiro atoms. The Morgan fingerprint density at radius 3 is 2.75 bits per heavy atom. The molecule has 1 atom stereocenters. The van der Waals surface area contributed by atoms with Crippen molar-refractivity contribution in [1.29, 1.82) is 0 Å². The van der Waals surface area contributed by atoms with Crippen molar-refractivity contribution < 1.29 is 23.8 Å². The van der Waals surface area contributed by atoms with Gasteiger partial charge >= 0.3 is 0 Å². The number of nitrogens with one attached hydrogen (secondary N) is 2. The first kappa shape index (κ1) is 28.1. The highest BCUT2D eigenvalue weighted by molar-refractivity contribution is 7.14. The third kappa shape index (κ3) is 8.03. The predicted molar refractivity (Wildman–Crippen MR) is 153 cm³/mol. The molecule has 1 aromatic carbocycles. The summed E-state index contributed by atoms with van der Waals surface area (Å²) < 4.78 is 16.9. The molecule has 1 aliphatic carbocycles. The second-order valence-corrected chi connectivity index (χ2v) is 11.3. The maximum absolute atomic E-state index is 12.8. The number of nitrogens with zero attached hydrogens (tertiary/aromatic N) is 2. The Labute approximate surface area is 241 Å². The lowest BCUT2D eigenvalue weighted by Gasteiger charge is -2.22. The van der Waals surface area contributed by atoms with Crippen LogP contribution in [0.4, 0.5) is 0 Å². The highest BCUT2D eigenvalue weighted by Gasteiger charge is 2.22. The maximum atomic E-state index is 12.8. The molecule has 2 aromatic heterocycles. The van der Waals surface area contributed by atoms with Gasteiger partial charge in [0.1, 0.15) is 17.2 Å². The van der Waals surface area contributed by atoms with Crippen LogP contribution in [-0.4, -0.2) is 53.7 Å². The van der Waals surface area contributed by atoms with Crippen molar-refractivity contribution in [2.75, 3.05) is 19.8 Å². The average Bonchev–Trinajstić information content (AvgIpc) is 3.69. The summed E-state index contributed by atoms with van der Waals surface area (Å²) in [4.78, 5) is 34.7. The van der Waals surface area contributed by atoms with Crippen LogP contribution in [0, 0.1) is 5.92 Å². The zero-order chi connectivity index (χ0) is 27.9. The first-order valence-electron chi connectivity index (χ1n) is 13.3. The molecule has 9 nitrogen and oxygen atoms in total. The number of aromatic nitrogens is 2. The minimum Gasteiger partial charge on any atom is -0.493 e. The summed E-state index contributed by atoms with van der Waals surface area (Å²) in [6.07, 6.45) is 10.9. The second kappa shape index (κ2) is 13.3. The van der Waals surface area contributed by atoms with E-state index in [2.05, 4.69) is 20.6 Å². The van der Waals surface area contributed by atoms with Gasteiger partial charge in [0.25, 0.3) is 17.0 Å². The molecular formula is C29H31ClN4O5S. The van der Waals surface area contributed by atoms with E-state index in [4.69, 9.17) is 25.8 Å². The fourth-order valence-corrected chi connectivity index (χ4v) is 4.92. The van der Waals surface area contributed by atoms with Crippen molar-refractivity contribution in [3.05, 3.63) is 70.0 Å². The molecule has 210 valence electrons. The third-order valence-electron chi connectivity index (χ3n) is 6.50. The predicted octanol–water partition coefficient (Wildman–Crippen LogP) is 5.51. The summed E-state index contributed by atoms with van der Waals surface area (Å²) in [7, 11) is 0. The molecular weight excluding hydrogens is 552 g/mol. The maximum Gasteiger partial charge on any atom is 0.279 e. The van der Waals surface area contributed by atoms with Crippen LogP contribution in [0.15, 0.2) is 48.8 Å². The van der Waals surface area contributed by atoms with Crippen LogP contribution in [0.25, 0.3) is 6.08 Å². The molecule has 2 aliphatic rings. The Hall–Kier alpha value is -3.47. The number of benzene rings is 1. The van der Waals surface area contributed by atoms with Gasteiger partial charge in [0.2, 0.25) is 0 Å². The number of carbonyl (C=O) groups is 2. The number of amides is 2. The van der Waals surface area contributed by atoms with Crippen molar-refractivity contribution in [1.82, 2.24) is 20.6 Å². The van der Waals surface area contributed by atoms with Gasteiger partial charge in [-0.25, -0.2) is 4.98 Å². The van der Waals surface area contributed by atoms with Crippen LogP contribution in [0.2, 0.25) is 5.02 Å². The lowest BCUT2D eigenvalue weighted by Crippen LogP contribution is -2.39. The number of hydrogen-bond donors (Lipinski definition) is 2. The minimum absolute atomic E-state index is 0.0529. The van der Waals surface area contributed by atoms with Gasteiger partial charge in [-0.15, -0.1) is 0 Å². The van der Waals surface area contributed by atoms with Crippen LogP contribution in [-0.2, 0) is 4.74 Å². The number of hydrogen-bond acceptors (Lipinski definition) is 8. The monoisotopic (exact) mass is 582 g/mol. The summed E-state index contributed by atoms with van der Waals surface area (Å²) in [6, 6.07) is 8.24. The molecule has 5 rings (SSSR count). The summed E-state index contributed by atoms with van der Waals surface area (Å²) in [5.41, 5.74) is 0.571. The number of ether oxygens (including phenoxy) is 3. The van der Waals surface area contributed by atoms with Gasteiger partial charge in [0, 0.05) is 49.3 Å². The van der Waals surface area contributed by atoms with Gasteiger partial charge in [-0.05, 0) is 68.9 Å². The number of pyridine rings is 1. The van der Waals surface area contributed by atoms with Crippen LogP contribution in [0.1, 0.15) is 58.3 Å². The lowest BCUT2D eigenvalue weighted by atomic mass is 10.1. The topological polar surface area (TPSA) is 112 Å². The average molecular weight is 583 g/mol. The highest BCUT2D eigenvalue weighted by atomic mass is 35.5. The molecule has 2 fully saturated rings. The Balaban J connectivity index is 1.12. The van der Waals surface area contributed by atoms with E-state index < -0.39 is 0 Å². The van der Waals surface area contributed by atoms with E-state index in [1.54, 1.807) is 24.4 Å². The SMILES string of the molecule is C[C@@H](C=Cc1cnc(Oc2ccc(OCC3CC3)cc2Cl)s1)NC(=O)c1ccnc(C(=O)NC2CCOCC2)c1. The molecule has 0 bridgehead atoms. The van der Waals surface area contributed by atoms with Crippen LogP contribution >= 0.6 is 22.9 Å². The van der Waals surface area contributed by atoms with Gasteiger partial charge in [-0.2, -0.15) is 0 Å². The Morgan fingerprint density at radius 2 is 1.98 bits per heavy atom. The minimum atomic E-state index is -0.299. The van der Waals surface area contributed by atoms with E-state index in [9.17, 15) is 9.59 Å².